The lowest BCUT2D eigenvalue weighted by Gasteiger charge is -2.37. The van der Waals surface area contributed by atoms with Crippen molar-refractivity contribution in [3.63, 3.8) is 0 Å². The second-order valence-electron chi connectivity index (χ2n) is 8.42. The highest BCUT2D eigenvalue weighted by Gasteiger charge is 2.26. The summed E-state index contributed by atoms with van der Waals surface area (Å²) in [5.74, 6) is 2.85. The minimum absolute atomic E-state index is 0.0224. The molecule has 0 saturated carbocycles. The summed E-state index contributed by atoms with van der Waals surface area (Å²) < 4.78 is 5.46. The van der Waals surface area contributed by atoms with Crippen LogP contribution in [0.2, 0.25) is 0 Å². The van der Waals surface area contributed by atoms with Crippen LogP contribution in [0, 0.1) is 19.8 Å². The van der Waals surface area contributed by atoms with Gasteiger partial charge in [0, 0.05) is 43.6 Å². The highest BCUT2D eigenvalue weighted by molar-refractivity contribution is 5.43. The van der Waals surface area contributed by atoms with E-state index in [9.17, 15) is 0 Å². The first-order chi connectivity index (χ1) is 14.4. The first-order valence-corrected chi connectivity index (χ1v) is 10.8. The third-order valence-corrected chi connectivity index (χ3v) is 5.65. The lowest BCUT2D eigenvalue weighted by molar-refractivity contribution is 0.200. The number of aliphatic hydroxyl groups is 1. The largest absolute Gasteiger partial charge is 0.489 e. The second kappa shape index (κ2) is 10.0. The van der Waals surface area contributed by atoms with Gasteiger partial charge in [-0.05, 0) is 44.6 Å². The predicted octanol–water partition coefficient (Wildman–Crippen LogP) is 2.56. The third-order valence-electron chi connectivity index (χ3n) is 5.65. The monoisotopic (exact) mass is 414 g/mol. The molecular weight excluding hydrogens is 380 g/mol. The van der Waals surface area contributed by atoms with E-state index < -0.39 is 0 Å². The third kappa shape index (κ3) is 5.36. The summed E-state index contributed by atoms with van der Waals surface area (Å²) in [5, 5.41) is 17.2. The molecule has 1 saturated heterocycles. The first kappa shape index (κ1) is 22.2. The Kier molecular flexibility index (Phi) is 7.42. The Bertz CT molecular complexity index is 813. The van der Waals surface area contributed by atoms with Crippen LogP contribution >= 0.6 is 0 Å². The van der Waals surface area contributed by atoms with Crippen molar-refractivity contribution in [3.8, 4) is 5.75 Å². The number of aliphatic hydroxyl groups excluding tert-OH is 1. The summed E-state index contributed by atoms with van der Waals surface area (Å²) in [6.45, 7) is 10.7. The zero-order chi connectivity index (χ0) is 21.7. The van der Waals surface area contributed by atoms with Crippen molar-refractivity contribution < 1.29 is 9.84 Å². The molecule has 0 unspecified atom stereocenters. The molecule has 0 aromatic carbocycles. The molecule has 2 aromatic heterocycles. The molecule has 1 aliphatic heterocycles. The Morgan fingerprint density at radius 2 is 1.87 bits per heavy atom. The number of anilines is 2. The predicted molar refractivity (Wildman–Crippen MR) is 118 cm³/mol. The molecule has 2 aromatic rings. The molecule has 3 rings (SSSR count). The van der Waals surface area contributed by atoms with Crippen molar-refractivity contribution in [2.75, 3.05) is 43.2 Å². The average Bonchev–Trinajstić information content (AvgIpc) is 2.74. The molecule has 0 radical (unpaired) electrons. The zero-order valence-electron chi connectivity index (χ0n) is 18.8. The van der Waals surface area contributed by atoms with E-state index in [0.29, 0.717) is 17.7 Å². The van der Waals surface area contributed by atoms with E-state index in [0.717, 1.165) is 55.5 Å². The summed E-state index contributed by atoms with van der Waals surface area (Å²) in [7, 11) is 2.05. The van der Waals surface area contributed by atoms with E-state index in [4.69, 9.17) is 19.8 Å². The van der Waals surface area contributed by atoms with Crippen LogP contribution in [-0.2, 0) is 6.42 Å². The Balaban J connectivity index is 1.63. The summed E-state index contributed by atoms with van der Waals surface area (Å²) in [6.07, 6.45) is 4.58. The van der Waals surface area contributed by atoms with Crippen molar-refractivity contribution in [2.45, 2.75) is 53.0 Å². The molecule has 0 amide bonds. The lowest BCUT2D eigenvalue weighted by Crippen LogP contribution is -2.44. The standard InChI is InChI=1S/C22H34N6O2/c1-15(2)12-20-16(3)24-22(25-17(20)4)28-8-6-18(7-9-28)27(5)21-13-19(14-23-26-21)30-11-10-29/h13-15,18,29H,6-12H2,1-5H3. The number of rotatable bonds is 8. The minimum atomic E-state index is -0.0224. The maximum atomic E-state index is 8.93. The molecule has 164 valence electrons. The molecule has 0 aliphatic carbocycles. The fraction of sp³-hybridized carbons (Fsp3) is 0.636. The van der Waals surface area contributed by atoms with E-state index >= 15 is 0 Å². The molecule has 8 nitrogen and oxygen atoms in total. The number of aryl methyl sites for hydroxylation is 2. The highest BCUT2D eigenvalue weighted by atomic mass is 16.5. The van der Waals surface area contributed by atoms with Gasteiger partial charge in [-0.15, -0.1) is 5.10 Å². The SMILES string of the molecule is Cc1nc(N2CCC(N(C)c3cc(OCCO)cnn3)CC2)nc(C)c1CC(C)C. The highest BCUT2D eigenvalue weighted by Crippen LogP contribution is 2.25. The maximum Gasteiger partial charge on any atom is 0.225 e. The lowest BCUT2D eigenvalue weighted by atomic mass is 10.0. The van der Waals surface area contributed by atoms with Crippen LogP contribution in [0.1, 0.15) is 43.6 Å². The summed E-state index contributed by atoms with van der Waals surface area (Å²) >= 11 is 0. The van der Waals surface area contributed by atoms with Gasteiger partial charge >= 0.3 is 0 Å². The Hall–Kier alpha value is -2.48. The summed E-state index contributed by atoms with van der Waals surface area (Å²) in [4.78, 5) is 14.1. The van der Waals surface area contributed by atoms with Gasteiger partial charge in [-0.2, -0.15) is 5.10 Å². The van der Waals surface area contributed by atoms with Gasteiger partial charge in [0.05, 0.1) is 12.8 Å². The van der Waals surface area contributed by atoms with Crippen molar-refractivity contribution in [1.82, 2.24) is 20.2 Å². The van der Waals surface area contributed by atoms with E-state index in [1.165, 1.54) is 5.56 Å². The number of aromatic nitrogens is 4. The van der Waals surface area contributed by atoms with Gasteiger partial charge in [-0.25, -0.2) is 9.97 Å². The fourth-order valence-corrected chi connectivity index (χ4v) is 3.96. The second-order valence-corrected chi connectivity index (χ2v) is 8.42. The van der Waals surface area contributed by atoms with E-state index in [1.54, 1.807) is 6.20 Å². The van der Waals surface area contributed by atoms with Crippen LogP contribution in [0.3, 0.4) is 0 Å². The Morgan fingerprint density at radius 1 is 1.20 bits per heavy atom. The summed E-state index contributed by atoms with van der Waals surface area (Å²) in [6, 6.07) is 2.24. The van der Waals surface area contributed by atoms with Crippen LogP contribution in [0.5, 0.6) is 5.75 Å². The minimum Gasteiger partial charge on any atom is -0.489 e. The van der Waals surface area contributed by atoms with Gasteiger partial charge in [0.15, 0.2) is 5.82 Å². The molecule has 1 fully saturated rings. The molecule has 30 heavy (non-hydrogen) atoms. The van der Waals surface area contributed by atoms with Gasteiger partial charge in [0.2, 0.25) is 5.95 Å². The zero-order valence-corrected chi connectivity index (χ0v) is 18.8. The normalized spacial score (nSPS) is 15.0. The van der Waals surface area contributed by atoms with E-state index in [-0.39, 0.29) is 13.2 Å². The van der Waals surface area contributed by atoms with Crippen molar-refractivity contribution in [3.05, 3.63) is 29.2 Å². The average molecular weight is 415 g/mol. The van der Waals surface area contributed by atoms with Gasteiger partial charge < -0.3 is 19.6 Å². The number of hydrogen-bond acceptors (Lipinski definition) is 8. The molecule has 8 heteroatoms. The molecular formula is C22H34N6O2. The molecule has 3 heterocycles. The fourth-order valence-electron chi connectivity index (χ4n) is 3.96. The number of hydrogen-bond donors (Lipinski definition) is 1. The van der Waals surface area contributed by atoms with Crippen molar-refractivity contribution >= 4 is 11.8 Å². The Morgan fingerprint density at radius 3 is 2.47 bits per heavy atom. The Labute approximate surface area is 179 Å². The van der Waals surface area contributed by atoms with Crippen LogP contribution in [0.4, 0.5) is 11.8 Å². The number of ether oxygens (including phenoxy) is 1. The van der Waals surface area contributed by atoms with Gasteiger partial charge in [0.25, 0.3) is 0 Å². The smallest absolute Gasteiger partial charge is 0.225 e. The quantitative estimate of drug-likeness (QED) is 0.705. The van der Waals surface area contributed by atoms with Gasteiger partial charge in [0.1, 0.15) is 12.4 Å². The molecule has 1 N–H and O–H groups in total. The molecule has 1 aliphatic rings. The van der Waals surface area contributed by atoms with Gasteiger partial charge in [-0.3, -0.25) is 0 Å². The van der Waals surface area contributed by atoms with Crippen LogP contribution in [-0.4, -0.2) is 64.7 Å². The van der Waals surface area contributed by atoms with Crippen LogP contribution in [0.15, 0.2) is 12.3 Å². The van der Waals surface area contributed by atoms with E-state index in [2.05, 4.69) is 47.7 Å². The van der Waals surface area contributed by atoms with Gasteiger partial charge in [-0.1, -0.05) is 13.8 Å². The number of nitrogens with zero attached hydrogens (tertiary/aromatic N) is 6. The molecule has 0 spiro atoms. The van der Waals surface area contributed by atoms with Crippen LogP contribution < -0.4 is 14.5 Å². The molecule has 0 bridgehead atoms. The first-order valence-electron chi connectivity index (χ1n) is 10.8. The van der Waals surface area contributed by atoms with Crippen molar-refractivity contribution in [1.29, 1.82) is 0 Å². The van der Waals surface area contributed by atoms with E-state index in [1.807, 2.05) is 13.1 Å². The maximum absolute atomic E-state index is 8.93. The summed E-state index contributed by atoms with van der Waals surface area (Å²) in [5.41, 5.74) is 3.48. The van der Waals surface area contributed by atoms with Crippen LogP contribution in [0.25, 0.3) is 0 Å². The van der Waals surface area contributed by atoms with Crippen molar-refractivity contribution in [2.24, 2.45) is 5.92 Å². The molecule has 0 atom stereocenters. The number of piperidine rings is 1. The topological polar surface area (TPSA) is 87.5 Å².